The number of hydrogen-bond acceptors (Lipinski definition) is 5. The Labute approximate surface area is 172 Å². The van der Waals surface area contributed by atoms with E-state index in [4.69, 9.17) is 4.74 Å². The molecule has 0 aliphatic heterocycles. The SMILES string of the molecule is CCOC(=O)CC(N[S+]([O-])c1ccc(C)cc1)c1cc(-c2ccccc2)cs1. The second-order valence-corrected chi connectivity index (χ2v) is 8.55. The fraction of sp³-hybridized carbons (Fsp3) is 0.227. The van der Waals surface area contributed by atoms with Gasteiger partial charge in [-0.25, -0.2) is 0 Å². The normalized spacial score (nSPS) is 13.1. The van der Waals surface area contributed by atoms with Gasteiger partial charge in [-0.15, -0.1) is 16.1 Å². The van der Waals surface area contributed by atoms with Crippen molar-refractivity contribution in [2.24, 2.45) is 0 Å². The number of nitrogens with one attached hydrogen (secondary N) is 1. The third-order valence-corrected chi connectivity index (χ3v) is 6.48. The molecule has 146 valence electrons. The summed E-state index contributed by atoms with van der Waals surface area (Å²) in [5.41, 5.74) is 3.30. The van der Waals surface area contributed by atoms with Crippen molar-refractivity contribution in [3.63, 3.8) is 0 Å². The van der Waals surface area contributed by atoms with E-state index in [2.05, 4.69) is 10.1 Å². The highest BCUT2D eigenvalue weighted by molar-refractivity contribution is 7.89. The lowest BCUT2D eigenvalue weighted by Crippen LogP contribution is -2.30. The summed E-state index contributed by atoms with van der Waals surface area (Å²) in [5, 5.41) is 2.05. The molecule has 0 radical (unpaired) electrons. The van der Waals surface area contributed by atoms with Crippen LogP contribution in [0.1, 0.15) is 29.8 Å². The number of rotatable bonds is 8. The van der Waals surface area contributed by atoms with Gasteiger partial charge in [0.1, 0.15) is 0 Å². The van der Waals surface area contributed by atoms with Gasteiger partial charge >= 0.3 is 5.97 Å². The monoisotopic (exact) mass is 413 g/mol. The minimum Gasteiger partial charge on any atom is -0.593 e. The number of hydrogen-bond donors (Lipinski definition) is 1. The summed E-state index contributed by atoms with van der Waals surface area (Å²) in [6.45, 7) is 4.09. The van der Waals surface area contributed by atoms with E-state index in [0.29, 0.717) is 11.5 Å². The van der Waals surface area contributed by atoms with Gasteiger partial charge in [0.2, 0.25) is 0 Å². The van der Waals surface area contributed by atoms with Gasteiger partial charge in [0.25, 0.3) is 0 Å². The number of aryl methyl sites for hydroxylation is 1. The number of ether oxygens (including phenoxy) is 1. The van der Waals surface area contributed by atoms with Crippen LogP contribution in [-0.2, 0) is 20.9 Å². The molecule has 2 unspecified atom stereocenters. The number of carbonyl (C=O) groups is 1. The fourth-order valence-corrected chi connectivity index (χ4v) is 4.79. The molecule has 2 aromatic carbocycles. The van der Waals surface area contributed by atoms with E-state index < -0.39 is 11.4 Å². The number of benzene rings is 2. The van der Waals surface area contributed by atoms with Crippen LogP contribution in [-0.4, -0.2) is 17.1 Å². The average molecular weight is 414 g/mol. The Hall–Kier alpha value is -2.12. The number of thiophene rings is 1. The van der Waals surface area contributed by atoms with Crippen molar-refractivity contribution in [1.29, 1.82) is 0 Å². The van der Waals surface area contributed by atoms with Gasteiger partial charge in [0, 0.05) is 4.88 Å². The third-order valence-electron chi connectivity index (χ3n) is 4.23. The average Bonchev–Trinajstić information content (AvgIpc) is 3.19. The van der Waals surface area contributed by atoms with Crippen LogP contribution in [0.25, 0.3) is 11.1 Å². The van der Waals surface area contributed by atoms with Crippen molar-refractivity contribution in [2.45, 2.75) is 31.2 Å². The highest BCUT2D eigenvalue weighted by Gasteiger charge is 2.25. The Bertz CT molecular complexity index is 894. The summed E-state index contributed by atoms with van der Waals surface area (Å²) in [7, 11) is 0. The molecule has 0 fully saturated rings. The smallest absolute Gasteiger partial charge is 0.307 e. The molecule has 0 aliphatic carbocycles. The Balaban J connectivity index is 1.81. The molecule has 1 heterocycles. The van der Waals surface area contributed by atoms with Crippen LogP contribution in [0.15, 0.2) is 70.9 Å². The van der Waals surface area contributed by atoms with Gasteiger partial charge in [0.05, 0.1) is 30.4 Å². The van der Waals surface area contributed by atoms with E-state index in [9.17, 15) is 9.35 Å². The molecule has 1 aromatic heterocycles. The van der Waals surface area contributed by atoms with Crippen LogP contribution in [0.5, 0.6) is 0 Å². The predicted molar refractivity (Wildman–Crippen MR) is 114 cm³/mol. The molecule has 0 amide bonds. The summed E-state index contributed by atoms with van der Waals surface area (Å²) in [4.78, 5) is 13.7. The van der Waals surface area contributed by atoms with Gasteiger partial charge in [0.15, 0.2) is 4.90 Å². The van der Waals surface area contributed by atoms with Crippen LogP contribution < -0.4 is 4.72 Å². The van der Waals surface area contributed by atoms with Gasteiger partial charge < -0.3 is 9.29 Å². The zero-order valence-electron chi connectivity index (χ0n) is 15.9. The van der Waals surface area contributed by atoms with Crippen molar-refractivity contribution in [2.75, 3.05) is 6.61 Å². The van der Waals surface area contributed by atoms with Gasteiger partial charge in [-0.05, 0) is 48.6 Å². The van der Waals surface area contributed by atoms with Crippen molar-refractivity contribution >= 4 is 28.7 Å². The summed E-state index contributed by atoms with van der Waals surface area (Å²) in [5.74, 6) is -0.310. The van der Waals surface area contributed by atoms with Crippen LogP contribution in [0, 0.1) is 6.92 Å². The highest BCUT2D eigenvalue weighted by atomic mass is 32.2. The van der Waals surface area contributed by atoms with Gasteiger partial charge in [-0.2, -0.15) is 0 Å². The molecule has 3 aromatic rings. The van der Waals surface area contributed by atoms with Crippen LogP contribution in [0.2, 0.25) is 0 Å². The molecule has 28 heavy (non-hydrogen) atoms. The first-order chi connectivity index (χ1) is 13.6. The summed E-state index contributed by atoms with van der Waals surface area (Å²) >= 11 is 0.119. The topological polar surface area (TPSA) is 61.4 Å². The number of esters is 1. The first kappa shape index (κ1) is 20.6. The van der Waals surface area contributed by atoms with Gasteiger partial charge in [-0.3, -0.25) is 4.79 Å². The molecule has 0 aliphatic rings. The maximum atomic E-state index is 12.8. The zero-order chi connectivity index (χ0) is 19.9. The van der Waals surface area contributed by atoms with E-state index in [0.717, 1.165) is 21.6 Å². The minimum atomic E-state index is -1.43. The molecule has 6 heteroatoms. The largest absolute Gasteiger partial charge is 0.593 e. The van der Waals surface area contributed by atoms with Crippen LogP contribution in [0.3, 0.4) is 0 Å². The van der Waals surface area contributed by atoms with Gasteiger partial charge in [-0.1, -0.05) is 48.0 Å². The lowest BCUT2D eigenvalue weighted by Gasteiger charge is -2.18. The fourth-order valence-electron chi connectivity index (χ4n) is 2.76. The maximum absolute atomic E-state index is 12.8. The second kappa shape index (κ2) is 9.89. The zero-order valence-corrected chi connectivity index (χ0v) is 17.5. The summed E-state index contributed by atoms with van der Waals surface area (Å²) in [6.07, 6.45) is 0.125. The third kappa shape index (κ3) is 5.45. The minimum absolute atomic E-state index is 0.125. The summed E-state index contributed by atoms with van der Waals surface area (Å²) in [6, 6.07) is 19.2. The van der Waals surface area contributed by atoms with Crippen LogP contribution >= 0.6 is 11.3 Å². The quantitative estimate of drug-likeness (QED) is 0.416. The van der Waals surface area contributed by atoms with Crippen LogP contribution in [0.4, 0.5) is 0 Å². The lowest BCUT2D eigenvalue weighted by atomic mass is 10.1. The number of carbonyl (C=O) groups excluding carboxylic acids is 1. The molecule has 0 spiro atoms. The molecule has 4 nitrogen and oxygen atoms in total. The Morgan fingerprint density at radius 2 is 1.86 bits per heavy atom. The summed E-state index contributed by atoms with van der Waals surface area (Å²) < 4.78 is 21.0. The standard InChI is InChI=1S/C22H23NO3S2/c1-3-26-22(24)14-20(23-28(25)19-11-9-16(2)10-12-19)21-13-18(15-27-21)17-7-5-4-6-8-17/h4-13,15,20,23H,3,14H2,1-2H3. The molecule has 3 rings (SSSR count). The molecule has 0 bridgehead atoms. The molecule has 0 saturated heterocycles. The van der Waals surface area contributed by atoms with E-state index in [-0.39, 0.29) is 18.4 Å². The first-order valence-electron chi connectivity index (χ1n) is 9.11. The maximum Gasteiger partial charge on any atom is 0.307 e. The Kier molecular flexibility index (Phi) is 7.28. The van der Waals surface area contributed by atoms with Crippen molar-refractivity contribution < 1.29 is 14.1 Å². The first-order valence-corrected chi connectivity index (χ1v) is 11.1. The molecule has 0 saturated carbocycles. The second-order valence-electron chi connectivity index (χ2n) is 6.37. The Morgan fingerprint density at radius 1 is 1.14 bits per heavy atom. The molecule has 1 N–H and O–H groups in total. The molecule has 2 atom stereocenters. The van der Waals surface area contributed by atoms with E-state index in [1.54, 1.807) is 18.3 Å². The van der Waals surface area contributed by atoms with Crippen molar-refractivity contribution in [3.8, 4) is 11.1 Å². The van der Waals surface area contributed by atoms with E-state index >= 15 is 0 Å². The lowest BCUT2D eigenvalue weighted by molar-refractivity contribution is -0.143. The molecular weight excluding hydrogens is 390 g/mol. The van der Waals surface area contributed by atoms with Crippen molar-refractivity contribution in [3.05, 3.63) is 76.5 Å². The highest BCUT2D eigenvalue weighted by Crippen LogP contribution is 2.32. The Morgan fingerprint density at radius 3 is 2.54 bits per heavy atom. The predicted octanol–water partition coefficient (Wildman–Crippen LogP) is 5.03. The van der Waals surface area contributed by atoms with E-state index in [1.165, 1.54) is 0 Å². The van der Waals surface area contributed by atoms with E-state index in [1.807, 2.05) is 67.6 Å². The van der Waals surface area contributed by atoms with Crippen molar-refractivity contribution in [1.82, 2.24) is 4.72 Å². The molecular formula is C22H23NO3S2.